The second-order valence-corrected chi connectivity index (χ2v) is 3.56. The highest BCUT2D eigenvalue weighted by atomic mass is 79.9. The molecule has 0 N–H and O–H groups in total. The Hall–Kier alpha value is 0.180. The average molecular weight is 252 g/mol. The van der Waals surface area contributed by atoms with Crippen molar-refractivity contribution in [1.82, 2.24) is 0 Å². The second-order valence-electron chi connectivity index (χ2n) is 1.74. The van der Waals surface area contributed by atoms with Crippen LogP contribution in [0.2, 0.25) is 0 Å². The molecule has 0 nitrogen and oxygen atoms in total. The van der Waals surface area contributed by atoms with E-state index in [4.69, 9.17) is 0 Å². The van der Waals surface area contributed by atoms with Gasteiger partial charge in [0.1, 0.15) is 0 Å². The summed E-state index contributed by atoms with van der Waals surface area (Å²) < 4.78 is 1.78. The molecule has 0 radical (unpaired) electrons. The number of halogens is 2. The van der Waals surface area contributed by atoms with Crippen molar-refractivity contribution in [2.24, 2.45) is 0 Å². The van der Waals surface area contributed by atoms with Gasteiger partial charge in [0.25, 0.3) is 0 Å². The molecule has 0 saturated heterocycles. The van der Waals surface area contributed by atoms with Crippen LogP contribution >= 0.6 is 31.9 Å². The van der Waals surface area contributed by atoms with E-state index in [1.807, 2.05) is 13.0 Å². The standard InChI is InChI=1S/C7H8Br2/c1-5(2)4-7(9)6(3)8/h4H,1,3H2,2H3/b7-4+. The summed E-state index contributed by atoms with van der Waals surface area (Å²) in [6.45, 7) is 9.31. The topological polar surface area (TPSA) is 0 Å². The molecule has 0 amide bonds. The number of allylic oxidation sites excluding steroid dienone is 4. The Morgan fingerprint density at radius 1 is 1.33 bits per heavy atom. The zero-order valence-corrected chi connectivity index (χ0v) is 8.42. The number of hydrogen-bond acceptors (Lipinski definition) is 0. The van der Waals surface area contributed by atoms with E-state index in [0.717, 1.165) is 14.5 Å². The minimum atomic E-state index is 0.838. The first-order chi connectivity index (χ1) is 4.04. The van der Waals surface area contributed by atoms with Gasteiger partial charge in [-0.2, -0.15) is 0 Å². The summed E-state index contributed by atoms with van der Waals surface area (Å²) in [5.41, 5.74) is 1.00. The van der Waals surface area contributed by atoms with Crippen molar-refractivity contribution in [1.29, 1.82) is 0 Å². The highest BCUT2D eigenvalue weighted by Crippen LogP contribution is 2.21. The predicted molar refractivity (Wildman–Crippen MR) is 49.9 cm³/mol. The van der Waals surface area contributed by atoms with Gasteiger partial charge >= 0.3 is 0 Å². The molecule has 0 aromatic heterocycles. The normalized spacial score (nSPS) is 11.2. The zero-order valence-electron chi connectivity index (χ0n) is 5.25. The van der Waals surface area contributed by atoms with Gasteiger partial charge in [-0.15, -0.1) is 0 Å². The maximum Gasteiger partial charge on any atom is 0.0313 e. The summed E-state index contributed by atoms with van der Waals surface area (Å²) >= 11 is 6.51. The van der Waals surface area contributed by atoms with Crippen molar-refractivity contribution in [3.8, 4) is 0 Å². The van der Waals surface area contributed by atoms with Crippen LogP contribution in [0.4, 0.5) is 0 Å². The van der Waals surface area contributed by atoms with Gasteiger partial charge in [0.15, 0.2) is 0 Å². The van der Waals surface area contributed by atoms with Crippen LogP contribution < -0.4 is 0 Å². The fourth-order valence-corrected chi connectivity index (χ4v) is 0.800. The molecule has 0 spiro atoms. The first-order valence-electron chi connectivity index (χ1n) is 2.41. The van der Waals surface area contributed by atoms with Crippen molar-refractivity contribution in [3.05, 3.63) is 33.8 Å². The molecule has 0 aromatic carbocycles. The van der Waals surface area contributed by atoms with E-state index < -0.39 is 0 Å². The summed E-state index contributed by atoms with van der Waals surface area (Å²) in [6.07, 6.45) is 1.90. The van der Waals surface area contributed by atoms with Crippen LogP contribution in [0.1, 0.15) is 6.92 Å². The van der Waals surface area contributed by atoms with E-state index in [9.17, 15) is 0 Å². The molecule has 0 aromatic rings. The molecule has 0 aliphatic heterocycles. The van der Waals surface area contributed by atoms with Crippen LogP contribution in [-0.4, -0.2) is 0 Å². The first kappa shape index (κ1) is 9.18. The Labute approximate surface area is 72.6 Å². The Kier molecular flexibility index (Phi) is 4.15. The molecule has 0 atom stereocenters. The summed E-state index contributed by atoms with van der Waals surface area (Å²) in [6, 6.07) is 0. The van der Waals surface area contributed by atoms with Crippen molar-refractivity contribution in [2.45, 2.75) is 6.92 Å². The maximum absolute atomic E-state index is 3.71. The van der Waals surface area contributed by atoms with Crippen LogP contribution in [0.15, 0.2) is 33.8 Å². The molecule has 0 saturated carbocycles. The van der Waals surface area contributed by atoms with Crippen LogP contribution in [0, 0.1) is 0 Å². The van der Waals surface area contributed by atoms with Crippen molar-refractivity contribution in [2.75, 3.05) is 0 Å². The molecule has 0 aliphatic rings. The lowest BCUT2D eigenvalue weighted by Gasteiger charge is -1.92. The monoisotopic (exact) mass is 250 g/mol. The third-order valence-corrected chi connectivity index (χ3v) is 2.30. The quantitative estimate of drug-likeness (QED) is 0.656. The third kappa shape index (κ3) is 4.67. The van der Waals surface area contributed by atoms with Crippen LogP contribution in [-0.2, 0) is 0 Å². The van der Waals surface area contributed by atoms with E-state index in [0.29, 0.717) is 0 Å². The fraction of sp³-hybridized carbons (Fsp3) is 0.143. The molecule has 0 unspecified atom stereocenters. The summed E-state index contributed by atoms with van der Waals surface area (Å²) in [4.78, 5) is 0. The molecule has 0 fully saturated rings. The molecule has 0 aliphatic carbocycles. The van der Waals surface area contributed by atoms with Crippen LogP contribution in [0.25, 0.3) is 0 Å². The summed E-state index contributed by atoms with van der Waals surface area (Å²) in [5.74, 6) is 0. The Morgan fingerprint density at radius 2 is 1.78 bits per heavy atom. The van der Waals surface area contributed by atoms with Gasteiger partial charge in [0.2, 0.25) is 0 Å². The van der Waals surface area contributed by atoms with E-state index in [-0.39, 0.29) is 0 Å². The number of rotatable bonds is 2. The average Bonchev–Trinajstić information content (AvgIpc) is 1.63. The lowest BCUT2D eigenvalue weighted by Crippen LogP contribution is -1.68. The SMILES string of the molecule is C=C(C)/C=C(/Br)C(=C)Br. The highest BCUT2D eigenvalue weighted by molar-refractivity contribution is 9.15. The molecule has 0 heterocycles. The van der Waals surface area contributed by atoms with Gasteiger partial charge in [-0.1, -0.05) is 34.7 Å². The lowest BCUT2D eigenvalue weighted by atomic mass is 10.3. The Balaban J connectivity index is 4.17. The van der Waals surface area contributed by atoms with Crippen molar-refractivity contribution >= 4 is 31.9 Å². The highest BCUT2D eigenvalue weighted by Gasteiger charge is 1.90. The van der Waals surface area contributed by atoms with Gasteiger partial charge in [0.05, 0.1) is 0 Å². The largest absolute Gasteiger partial charge is 0.0961 e. The second kappa shape index (κ2) is 4.07. The van der Waals surface area contributed by atoms with E-state index >= 15 is 0 Å². The molecule has 9 heavy (non-hydrogen) atoms. The van der Waals surface area contributed by atoms with Gasteiger partial charge < -0.3 is 0 Å². The molecule has 0 rings (SSSR count). The van der Waals surface area contributed by atoms with E-state index in [1.54, 1.807) is 0 Å². The van der Waals surface area contributed by atoms with Crippen LogP contribution in [0.5, 0.6) is 0 Å². The Bertz CT molecular complexity index is 166. The molecule has 2 heteroatoms. The fourth-order valence-electron chi connectivity index (χ4n) is 0.295. The van der Waals surface area contributed by atoms with Crippen molar-refractivity contribution in [3.63, 3.8) is 0 Å². The predicted octanol–water partition coefficient (Wildman–Crippen LogP) is 3.75. The smallest absolute Gasteiger partial charge is 0.0313 e. The maximum atomic E-state index is 3.71. The van der Waals surface area contributed by atoms with E-state index in [1.165, 1.54) is 0 Å². The van der Waals surface area contributed by atoms with Crippen LogP contribution in [0.3, 0.4) is 0 Å². The van der Waals surface area contributed by atoms with Crippen molar-refractivity contribution < 1.29 is 0 Å². The Morgan fingerprint density at radius 3 is 1.89 bits per heavy atom. The lowest BCUT2D eigenvalue weighted by molar-refractivity contribution is 1.55. The van der Waals surface area contributed by atoms with E-state index in [2.05, 4.69) is 45.0 Å². The summed E-state index contributed by atoms with van der Waals surface area (Å²) in [5, 5.41) is 0. The number of hydrogen-bond donors (Lipinski definition) is 0. The van der Waals surface area contributed by atoms with Gasteiger partial charge in [0, 0.05) is 8.96 Å². The zero-order chi connectivity index (χ0) is 7.44. The molecular weight excluding hydrogens is 244 g/mol. The molecular formula is C7H8Br2. The third-order valence-electron chi connectivity index (χ3n) is 0.632. The van der Waals surface area contributed by atoms with Gasteiger partial charge in [-0.3, -0.25) is 0 Å². The van der Waals surface area contributed by atoms with Gasteiger partial charge in [-0.25, -0.2) is 0 Å². The molecule has 0 bridgehead atoms. The molecule has 50 valence electrons. The minimum Gasteiger partial charge on any atom is -0.0961 e. The summed E-state index contributed by atoms with van der Waals surface area (Å²) in [7, 11) is 0. The van der Waals surface area contributed by atoms with Gasteiger partial charge in [-0.05, 0) is 28.9 Å². The minimum absolute atomic E-state index is 0.838. The first-order valence-corrected chi connectivity index (χ1v) is 4.00.